The van der Waals surface area contributed by atoms with Crippen LogP contribution in [-0.2, 0) is 5.60 Å². The van der Waals surface area contributed by atoms with Crippen molar-refractivity contribution in [1.82, 2.24) is 4.98 Å². The molecule has 0 saturated heterocycles. The second-order valence-electron chi connectivity index (χ2n) is 4.64. The summed E-state index contributed by atoms with van der Waals surface area (Å²) in [6.07, 6.45) is 2.58. The fraction of sp³-hybridized carbons (Fsp3) is 0.267. The first-order valence-electron chi connectivity index (χ1n) is 5.93. The SMILES string of the molecule is COc1ccc(C(C)(O)c2cncc(F)c2)c(C)c1. The van der Waals surface area contributed by atoms with E-state index in [2.05, 4.69) is 4.98 Å². The molecule has 19 heavy (non-hydrogen) atoms. The zero-order valence-electron chi connectivity index (χ0n) is 11.1. The van der Waals surface area contributed by atoms with Crippen LogP contribution >= 0.6 is 0 Å². The van der Waals surface area contributed by atoms with Crippen LogP contribution in [0.5, 0.6) is 5.75 Å². The Bertz CT molecular complexity index is 596. The van der Waals surface area contributed by atoms with E-state index in [-0.39, 0.29) is 0 Å². The maximum Gasteiger partial charge on any atom is 0.141 e. The van der Waals surface area contributed by atoms with Crippen LogP contribution in [0.25, 0.3) is 0 Å². The molecule has 1 aromatic heterocycles. The molecule has 0 aliphatic rings. The van der Waals surface area contributed by atoms with Gasteiger partial charge in [-0.1, -0.05) is 6.07 Å². The van der Waals surface area contributed by atoms with Crippen molar-refractivity contribution in [3.05, 3.63) is 59.2 Å². The Labute approximate surface area is 111 Å². The predicted molar refractivity (Wildman–Crippen MR) is 70.6 cm³/mol. The molecule has 0 spiro atoms. The molecule has 0 fully saturated rings. The Balaban J connectivity index is 2.50. The number of pyridine rings is 1. The van der Waals surface area contributed by atoms with Gasteiger partial charge in [-0.2, -0.15) is 0 Å². The molecule has 0 aliphatic carbocycles. The molecule has 1 atom stereocenters. The second kappa shape index (κ2) is 4.97. The highest BCUT2D eigenvalue weighted by molar-refractivity contribution is 5.42. The predicted octanol–water partition coefficient (Wildman–Crippen LogP) is 2.79. The van der Waals surface area contributed by atoms with Gasteiger partial charge in [-0.25, -0.2) is 4.39 Å². The fourth-order valence-electron chi connectivity index (χ4n) is 2.14. The second-order valence-corrected chi connectivity index (χ2v) is 4.64. The van der Waals surface area contributed by atoms with Crippen molar-refractivity contribution in [3.63, 3.8) is 0 Å². The molecule has 100 valence electrons. The van der Waals surface area contributed by atoms with Crippen molar-refractivity contribution in [1.29, 1.82) is 0 Å². The Morgan fingerprint density at radius 2 is 2.00 bits per heavy atom. The normalized spacial score (nSPS) is 13.9. The summed E-state index contributed by atoms with van der Waals surface area (Å²) in [5, 5.41) is 10.7. The first-order chi connectivity index (χ1) is 8.95. The van der Waals surface area contributed by atoms with Crippen molar-refractivity contribution in [2.24, 2.45) is 0 Å². The number of methoxy groups -OCH3 is 1. The molecule has 2 rings (SSSR count). The molecule has 0 amide bonds. The summed E-state index contributed by atoms with van der Waals surface area (Å²) in [5.74, 6) is 0.248. The van der Waals surface area contributed by atoms with Gasteiger partial charge in [-0.15, -0.1) is 0 Å². The fourth-order valence-corrected chi connectivity index (χ4v) is 2.14. The van der Waals surface area contributed by atoms with Crippen molar-refractivity contribution in [3.8, 4) is 5.75 Å². The van der Waals surface area contributed by atoms with Gasteiger partial charge >= 0.3 is 0 Å². The minimum Gasteiger partial charge on any atom is -0.497 e. The van der Waals surface area contributed by atoms with Gasteiger partial charge in [-0.05, 0) is 43.2 Å². The third-order valence-corrected chi connectivity index (χ3v) is 3.23. The van der Waals surface area contributed by atoms with Crippen molar-refractivity contribution in [2.75, 3.05) is 7.11 Å². The average molecular weight is 261 g/mol. The summed E-state index contributed by atoms with van der Waals surface area (Å²) >= 11 is 0. The van der Waals surface area contributed by atoms with Crippen LogP contribution in [0.15, 0.2) is 36.7 Å². The van der Waals surface area contributed by atoms with E-state index in [1.165, 1.54) is 12.3 Å². The molecular formula is C15H16FNO2. The zero-order chi connectivity index (χ0) is 14.0. The number of hydrogen-bond acceptors (Lipinski definition) is 3. The minimum atomic E-state index is -1.30. The molecule has 2 aromatic rings. The van der Waals surface area contributed by atoms with Gasteiger partial charge in [0, 0.05) is 11.8 Å². The van der Waals surface area contributed by atoms with Crippen LogP contribution in [0.1, 0.15) is 23.6 Å². The van der Waals surface area contributed by atoms with E-state index in [1.807, 2.05) is 13.0 Å². The highest BCUT2D eigenvalue weighted by Gasteiger charge is 2.28. The third-order valence-electron chi connectivity index (χ3n) is 3.23. The van der Waals surface area contributed by atoms with E-state index >= 15 is 0 Å². The quantitative estimate of drug-likeness (QED) is 0.923. The van der Waals surface area contributed by atoms with Crippen LogP contribution in [-0.4, -0.2) is 17.2 Å². The lowest BCUT2D eigenvalue weighted by Gasteiger charge is -2.26. The van der Waals surface area contributed by atoms with E-state index in [0.717, 1.165) is 17.5 Å². The standard InChI is InChI=1S/C15H16FNO2/c1-10-6-13(19-3)4-5-14(10)15(2,18)11-7-12(16)9-17-8-11/h4-9,18H,1-3H3. The van der Waals surface area contributed by atoms with E-state index in [4.69, 9.17) is 4.74 Å². The van der Waals surface area contributed by atoms with Gasteiger partial charge in [0.1, 0.15) is 17.2 Å². The topological polar surface area (TPSA) is 42.4 Å². The summed E-state index contributed by atoms with van der Waals surface area (Å²) < 4.78 is 18.4. The number of nitrogens with zero attached hydrogens (tertiary/aromatic N) is 1. The Kier molecular flexibility index (Phi) is 3.53. The van der Waals surface area contributed by atoms with Gasteiger partial charge in [-0.3, -0.25) is 4.98 Å². The molecule has 4 heteroatoms. The van der Waals surface area contributed by atoms with Crippen LogP contribution in [0.3, 0.4) is 0 Å². The lowest BCUT2D eigenvalue weighted by Crippen LogP contribution is -2.24. The number of ether oxygens (including phenoxy) is 1. The lowest BCUT2D eigenvalue weighted by molar-refractivity contribution is 0.101. The zero-order valence-corrected chi connectivity index (χ0v) is 11.1. The minimum absolute atomic E-state index is 0.417. The molecule has 0 aliphatic heterocycles. The van der Waals surface area contributed by atoms with Gasteiger partial charge in [0.05, 0.1) is 13.3 Å². The average Bonchev–Trinajstić information content (AvgIpc) is 2.38. The highest BCUT2D eigenvalue weighted by atomic mass is 19.1. The van der Waals surface area contributed by atoms with Gasteiger partial charge < -0.3 is 9.84 Å². The molecule has 1 aromatic carbocycles. The van der Waals surface area contributed by atoms with Crippen LogP contribution in [0, 0.1) is 12.7 Å². The van der Waals surface area contributed by atoms with E-state index in [1.54, 1.807) is 26.2 Å². The monoisotopic (exact) mass is 261 g/mol. The molecule has 1 heterocycles. The summed E-state index contributed by atoms with van der Waals surface area (Å²) in [4.78, 5) is 3.78. The molecular weight excluding hydrogens is 245 g/mol. The first-order valence-corrected chi connectivity index (χ1v) is 5.93. The Morgan fingerprint density at radius 1 is 1.26 bits per heavy atom. The number of benzene rings is 1. The molecule has 1 unspecified atom stereocenters. The highest BCUT2D eigenvalue weighted by Crippen LogP contribution is 2.32. The molecule has 1 N–H and O–H groups in total. The lowest BCUT2D eigenvalue weighted by atomic mass is 9.86. The number of halogens is 1. The van der Waals surface area contributed by atoms with Crippen molar-refractivity contribution in [2.45, 2.75) is 19.4 Å². The number of aryl methyl sites for hydroxylation is 1. The smallest absolute Gasteiger partial charge is 0.141 e. The van der Waals surface area contributed by atoms with Gasteiger partial charge in [0.25, 0.3) is 0 Å². The first kappa shape index (κ1) is 13.5. The van der Waals surface area contributed by atoms with Crippen molar-refractivity contribution < 1.29 is 14.2 Å². The Hall–Kier alpha value is -1.94. The summed E-state index contributed by atoms with van der Waals surface area (Å²) in [6, 6.07) is 6.66. The summed E-state index contributed by atoms with van der Waals surface area (Å²) in [5.41, 5.74) is 0.681. The largest absolute Gasteiger partial charge is 0.497 e. The Morgan fingerprint density at radius 3 is 2.58 bits per heavy atom. The van der Waals surface area contributed by atoms with E-state index < -0.39 is 11.4 Å². The van der Waals surface area contributed by atoms with Gasteiger partial charge in [0.2, 0.25) is 0 Å². The molecule has 0 bridgehead atoms. The number of aromatic nitrogens is 1. The van der Waals surface area contributed by atoms with Crippen molar-refractivity contribution >= 4 is 0 Å². The summed E-state index contributed by atoms with van der Waals surface area (Å²) in [7, 11) is 1.59. The van der Waals surface area contributed by atoms with Crippen LogP contribution in [0.2, 0.25) is 0 Å². The number of aliphatic hydroxyl groups is 1. The third kappa shape index (κ3) is 2.58. The summed E-state index contributed by atoms with van der Waals surface area (Å²) in [6.45, 7) is 3.50. The van der Waals surface area contributed by atoms with Crippen LogP contribution in [0.4, 0.5) is 4.39 Å². The van der Waals surface area contributed by atoms with E-state index in [9.17, 15) is 9.50 Å². The van der Waals surface area contributed by atoms with Crippen LogP contribution < -0.4 is 4.74 Å². The molecule has 3 nitrogen and oxygen atoms in total. The molecule has 0 radical (unpaired) electrons. The maximum absolute atomic E-state index is 13.2. The van der Waals surface area contributed by atoms with E-state index in [0.29, 0.717) is 11.1 Å². The number of hydrogen-bond donors (Lipinski definition) is 1. The van der Waals surface area contributed by atoms with Gasteiger partial charge in [0.15, 0.2) is 0 Å². The number of rotatable bonds is 3. The molecule has 0 saturated carbocycles. The maximum atomic E-state index is 13.2.